The minimum atomic E-state index is -0.581. The van der Waals surface area contributed by atoms with Crippen LogP contribution in [0.15, 0.2) is 36.5 Å². The first kappa shape index (κ1) is 16.2. The van der Waals surface area contributed by atoms with Gasteiger partial charge in [0.2, 0.25) is 11.8 Å². The van der Waals surface area contributed by atoms with E-state index in [0.717, 1.165) is 16.8 Å². The molecule has 0 spiro atoms. The van der Waals surface area contributed by atoms with Gasteiger partial charge in [-0.2, -0.15) is 0 Å². The van der Waals surface area contributed by atoms with Gasteiger partial charge in [0.05, 0.1) is 5.69 Å². The molecule has 1 saturated heterocycles. The Kier molecular flexibility index (Phi) is 3.60. The smallest absolute Gasteiger partial charge is 0.255 e. The van der Waals surface area contributed by atoms with Gasteiger partial charge in [0.1, 0.15) is 6.04 Å². The fourth-order valence-corrected chi connectivity index (χ4v) is 4.10. The fraction of sp³-hybridized carbons (Fsp3) is 0.333. The number of pyridine rings is 1. The highest BCUT2D eigenvalue weighted by molar-refractivity contribution is 6.05. The summed E-state index contributed by atoms with van der Waals surface area (Å²) in [5.74, 6) is -0.211. The molecule has 3 aliphatic rings. The molecular formula is C21H19N3O3. The summed E-state index contributed by atoms with van der Waals surface area (Å²) in [5.41, 5.74) is 4.80. The summed E-state index contributed by atoms with van der Waals surface area (Å²) in [4.78, 5) is 42.5. The van der Waals surface area contributed by atoms with E-state index in [4.69, 9.17) is 0 Å². The third-order valence-electron chi connectivity index (χ3n) is 5.65. The Morgan fingerprint density at radius 3 is 2.70 bits per heavy atom. The monoisotopic (exact) mass is 361 g/mol. The van der Waals surface area contributed by atoms with Gasteiger partial charge in [-0.3, -0.25) is 24.7 Å². The molecule has 5 rings (SSSR count). The molecule has 3 amide bonds. The Hall–Kier alpha value is -3.02. The van der Waals surface area contributed by atoms with Gasteiger partial charge >= 0.3 is 0 Å². The lowest BCUT2D eigenvalue weighted by Crippen LogP contribution is -2.52. The first-order chi connectivity index (χ1) is 13.1. The number of amides is 3. The van der Waals surface area contributed by atoms with Crippen LogP contribution in [-0.2, 0) is 16.1 Å². The number of benzene rings is 1. The predicted octanol–water partition coefficient (Wildman–Crippen LogP) is 2.39. The van der Waals surface area contributed by atoms with E-state index in [1.165, 1.54) is 18.4 Å². The number of carbonyl (C=O) groups excluding carboxylic acids is 3. The van der Waals surface area contributed by atoms with Gasteiger partial charge in [-0.25, -0.2) is 0 Å². The highest BCUT2D eigenvalue weighted by atomic mass is 16.2. The maximum absolute atomic E-state index is 12.8. The number of aromatic nitrogens is 1. The molecule has 1 saturated carbocycles. The van der Waals surface area contributed by atoms with Gasteiger partial charge < -0.3 is 4.90 Å². The second-order valence-electron chi connectivity index (χ2n) is 7.49. The summed E-state index contributed by atoms with van der Waals surface area (Å²) in [6.45, 7) is 0.389. The van der Waals surface area contributed by atoms with E-state index in [-0.39, 0.29) is 24.1 Å². The van der Waals surface area contributed by atoms with Crippen molar-refractivity contribution in [2.45, 2.75) is 44.2 Å². The molecule has 1 aromatic carbocycles. The van der Waals surface area contributed by atoms with E-state index in [0.29, 0.717) is 24.4 Å². The number of piperidine rings is 1. The Morgan fingerprint density at radius 2 is 1.93 bits per heavy atom. The molecule has 1 aliphatic carbocycles. The molecule has 1 aromatic heterocycles. The highest BCUT2D eigenvalue weighted by Gasteiger charge is 2.39. The molecule has 1 unspecified atom stereocenters. The molecule has 2 aliphatic heterocycles. The van der Waals surface area contributed by atoms with Crippen LogP contribution in [0.4, 0.5) is 0 Å². The molecule has 0 bridgehead atoms. The molecule has 2 fully saturated rings. The van der Waals surface area contributed by atoms with E-state index < -0.39 is 6.04 Å². The van der Waals surface area contributed by atoms with Crippen LogP contribution in [0.1, 0.15) is 53.1 Å². The van der Waals surface area contributed by atoms with Crippen molar-refractivity contribution in [2.75, 3.05) is 0 Å². The number of imide groups is 1. The molecule has 0 radical (unpaired) electrons. The molecule has 27 heavy (non-hydrogen) atoms. The van der Waals surface area contributed by atoms with E-state index >= 15 is 0 Å². The Bertz CT molecular complexity index is 980. The maximum atomic E-state index is 12.8. The molecular weight excluding hydrogens is 342 g/mol. The van der Waals surface area contributed by atoms with Crippen LogP contribution in [0.25, 0.3) is 11.3 Å². The van der Waals surface area contributed by atoms with Gasteiger partial charge in [-0.1, -0.05) is 12.1 Å². The van der Waals surface area contributed by atoms with Crippen LogP contribution in [0.5, 0.6) is 0 Å². The van der Waals surface area contributed by atoms with Gasteiger partial charge in [0, 0.05) is 30.3 Å². The van der Waals surface area contributed by atoms with Gasteiger partial charge in [-0.15, -0.1) is 0 Å². The first-order valence-corrected chi connectivity index (χ1v) is 9.34. The van der Waals surface area contributed by atoms with Crippen LogP contribution in [-0.4, -0.2) is 33.6 Å². The van der Waals surface area contributed by atoms with E-state index in [1.54, 1.807) is 11.1 Å². The molecule has 1 atom stereocenters. The second-order valence-corrected chi connectivity index (χ2v) is 7.49. The lowest BCUT2D eigenvalue weighted by atomic mass is 9.99. The zero-order valence-corrected chi connectivity index (χ0v) is 14.8. The quantitative estimate of drug-likeness (QED) is 0.852. The summed E-state index contributed by atoms with van der Waals surface area (Å²) >= 11 is 0. The van der Waals surface area contributed by atoms with E-state index in [9.17, 15) is 14.4 Å². The number of carbonyl (C=O) groups is 3. The van der Waals surface area contributed by atoms with Crippen molar-refractivity contribution in [1.29, 1.82) is 0 Å². The lowest BCUT2D eigenvalue weighted by molar-refractivity contribution is -0.136. The Labute approximate surface area is 156 Å². The summed E-state index contributed by atoms with van der Waals surface area (Å²) in [6, 6.07) is 9.33. The predicted molar refractivity (Wildman–Crippen MR) is 97.7 cm³/mol. The van der Waals surface area contributed by atoms with Crippen LogP contribution in [0.2, 0.25) is 0 Å². The average molecular weight is 361 g/mol. The van der Waals surface area contributed by atoms with Crippen LogP contribution >= 0.6 is 0 Å². The van der Waals surface area contributed by atoms with E-state index in [1.807, 2.05) is 24.3 Å². The summed E-state index contributed by atoms with van der Waals surface area (Å²) in [6.07, 6.45) is 4.84. The molecule has 1 N–H and O–H groups in total. The van der Waals surface area contributed by atoms with Crippen LogP contribution < -0.4 is 5.32 Å². The van der Waals surface area contributed by atoms with E-state index in [2.05, 4.69) is 16.4 Å². The standard InChI is InChI=1S/C21H19N3O3/c25-18-8-7-17(20(26)23-18)24-11-14-10-13(5-6-16(14)21(24)27)19-15(12-3-4-12)2-1-9-22-19/h1-2,5-6,9-10,12,17H,3-4,7-8,11H2,(H,23,25,26). The van der Waals surface area contributed by atoms with Crippen molar-refractivity contribution in [3.05, 3.63) is 53.2 Å². The minimum absolute atomic E-state index is 0.144. The molecule has 6 heteroatoms. The van der Waals surface area contributed by atoms with Gasteiger partial charge in [-0.05, 0) is 54.5 Å². The van der Waals surface area contributed by atoms with Gasteiger partial charge in [0.15, 0.2) is 0 Å². The number of hydrogen-bond acceptors (Lipinski definition) is 4. The molecule has 2 aromatic rings. The number of rotatable bonds is 3. The Balaban J connectivity index is 1.46. The number of nitrogens with zero attached hydrogens (tertiary/aromatic N) is 2. The zero-order valence-electron chi connectivity index (χ0n) is 14.8. The molecule has 136 valence electrons. The van der Waals surface area contributed by atoms with Crippen molar-refractivity contribution >= 4 is 17.7 Å². The minimum Gasteiger partial charge on any atom is -0.322 e. The third-order valence-corrected chi connectivity index (χ3v) is 5.65. The van der Waals surface area contributed by atoms with Crippen LogP contribution in [0, 0.1) is 0 Å². The maximum Gasteiger partial charge on any atom is 0.255 e. The molecule has 3 heterocycles. The summed E-state index contributed by atoms with van der Waals surface area (Å²) in [5, 5.41) is 2.34. The van der Waals surface area contributed by atoms with Crippen molar-refractivity contribution < 1.29 is 14.4 Å². The van der Waals surface area contributed by atoms with Gasteiger partial charge in [0.25, 0.3) is 5.91 Å². The van der Waals surface area contributed by atoms with Crippen molar-refractivity contribution in [2.24, 2.45) is 0 Å². The number of hydrogen-bond donors (Lipinski definition) is 1. The van der Waals surface area contributed by atoms with Crippen molar-refractivity contribution in [1.82, 2.24) is 15.2 Å². The largest absolute Gasteiger partial charge is 0.322 e. The van der Waals surface area contributed by atoms with Crippen LogP contribution in [0.3, 0.4) is 0 Å². The SMILES string of the molecule is O=C1CCC(N2Cc3cc(-c4ncccc4C4CC4)ccc3C2=O)C(=O)N1. The summed E-state index contributed by atoms with van der Waals surface area (Å²) < 4.78 is 0. The average Bonchev–Trinajstić information content (AvgIpc) is 3.46. The highest BCUT2D eigenvalue weighted by Crippen LogP contribution is 2.44. The number of nitrogens with one attached hydrogen (secondary N) is 1. The number of fused-ring (bicyclic) bond motifs is 1. The lowest BCUT2D eigenvalue weighted by Gasteiger charge is -2.29. The topological polar surface area (TPSA) is 79.4 Å². The first-order valence-electron chi connectivity index (χ1n) is 9.34. The normalized spacial score (nSPS) is 22.0. The third kappa shape index (κ3) is 2.72. The molecule has 6 nitrogen and oxygen atoms in total. The summed E-state index contributed by atoms with van der Waals surface area (Å²) in [7, 11) is 0. The fourth-order valence-electron chi connectivity index (χ4n) is 4.10. The van der Waals surface area contributed by atoms with Crippen molar-refractivity contribution in [3.8, 4) is 11.3 Å². The second kappa shape index (κ2) is 6.01. The zero-order chi connectivity index (χ0) is 18.5. The Morgan fingerprint density at radius 1 is 1.07 bits per heavy atom. The van der Waals surface area contributed by atoms with Crippen molar-refractivity contribution in [3.63, 3.8) is 0 Å².